The van der Waals surface area contributed by atoms with E-state index in [1.165, 1.54) is 18.8 Å². The van der Waals surface area contributed by atoms with Crippen LogP contribution in [0, 0.1) is 0 Å². The van der Waals surface area contributed by atoms with Gasteiger partial charge in [0.2, 0.25) is 0 Å². The maximum absolute atomic E-state index is 13.3. The second-order valence-corrected chi connectivity index (χ2v) is 23.3. The van der Waals surface area contributed by atoms with E-state index < -0.39 is 0 Å². The fourth-order valence-electron chi connectivity index (χ4n) is 3.07. The predicted octanol–water partition coefficient (Wildman–Crippen LogP) is 4.97. The van der Waals surface area contributed by atoms with Crippen molar-refractivity contribution in [3.05, 3.63) is 47.5 Å². The first kappa shape index (κ1) is 21.2. The van der Waals surface area contributed by atoms with E-state index in [1.807, 2.05) is 24.3 Å². The summed E-state index contributed by atoms with van der Waals surface area (Å²) < 4.78 is 10.7. The Morgan fingerprint density at radius 3 is 2.78 bits per heavy atom. The van der Waals surface area contributed by atoms with E-state index in [1.54, 1.807) is 17.0 Å². The number of anilines is 2. The summed E-state index contributed by atoms with van der Waals surface area (Å²) in [5.74, 6) is 0.662. The molecule has 1 amide bonds. The molecule has 0 saturated carbocycles. The lowest BCUT2D eigenvalue weighted by molar-refractivity contribution is 0.0968. The van der Waals surface area contributed by atoms with Gasteiger partial charge in [-0.2, -0.15) is 0 Å². The molecule has 0 aromatic heterocycles. The highest BCUT2D eigenvalue weighted by Crippen LogP contribution is 2.65. The zero-order valence-corrected chi connectivity index (χ0v) is 20.3. The SMILES string of the molecule is COc1cc(C(=O)N2c3ccccc3C[C@H]2CO)c(N)cc1OSP(I)I. The Morgan fingerprint density at radius 1 is 1.37 bits per heavy atom. The van der Waals surface area contributed by atoms with Gasteiger partial charge in [-0.15, -0.1) is 0 Å². The number of benzene rings is 2. The minimum absolute atomic E-state index is 0.121. The first-order valence-corrected chi connectivity index (χ1v) is 16.2. The van der Waals surface area contributed by atoms with Crippen molar-refractivity contribution in [1.29, 1.82) is 0 Å². The second kappa shape index (κ2) is 9.34. The monoisotopic (exact) mass is 630 g/mol. The van der Waals surface area contributed by atoms with Gasteiger partial charge in [0.05, 0.1) is 25.3 Å². The van der Waals surface area contributed by atoms with Gasteiger partial charge in [0.15, 0.2) is 11.5 Å². The standard InChI is InChI=1S/C17H17I2N2O4PS/c1-24-15-7-12(13(20)8-16(15)25-27-26(18)19)17(23)21-11(9-22)6-10-4-2-3-5-14(10)21/h2-5,7-8,11,22H,6,9,20H2,1H3/t11-/m0/s1. The lowest BCUT2D eigenvalue weighted by Crippen LogP contribution is -2.40. The van der Waals surface area contributed by atoms with Crippen LogP contribution in [0.3, 0.4) is 0 Å². The molecule has 6 nitrogen and oxygen atoms in total. The number of amides is 1. The van der Waals surface area contributed by atoms with E-state index in [9.17, 15) is 9.90 Å². The first-order valence-electron chi connectivity index (χ1n) is 7.92. The van der Waals surface area contributed by atoms with Crippen molar-refractivity contribution >= 4 is 75.4 Å². The van der Waals surface area contributed by atoms with Crippen molar-refractivity contribution in [3.63, 3.8) is 0 Å². The first-order chi connectivity index (χ1) is 13.0. The number of carbonyl (C=O) groups excluding carboxylic acids is 1. The molecule has 2 aromatic carbocycles. The topological polar surface area (TPSA) is 85.0 Å². The van der Waals surface area contributed by atoms with Gasteiger partial charge in [0, 0.05) is 17.4 Å². The minimum atomic E-state index is -0.381. The van der Waals surface area contributed by atoms with E-state index in [0.717, 1.165) is 11.3 Å². The van der Waals surface area contributed by atoms with Crippen molar-refractivity contribution in [3.8, 4) is 11.5 Å². The fourth-order valence-corrected chi connectivity index (χ4v) is 5.19. The number of rotatable bonds is 6. The van der Waals surface area contributed by atoms with Gasteiger partial charge in [-0.1, -0.05) is 18.2 Å². The Kier molecular flexibility index (Phi) is 7.34. The molecule has 0 bridgehead atoms. The van der Waals surface area contributed by atoms with Crippen molar-refractivity contribution in [2.24, 2.45) is 0 Å². The maximum Gasteiger partial charge on any atom is 0.260 e. The Hall–Kier alpha value is -0.490. The van der Waals surface area contributed by atoms with Crippen LogP contribution < -0.4 is 19.6 Å². The average molecular weight is 630 g/mol. The second-order valence-electron chi connectivity index (χ2n) is 5.79. The molecule has 0 aliphatic carbocycles. The average Bonchev–Trinajstić information content (AvgIpc) is 3.04. The lowest BCUT2D eigenvalue weighted by atomic mass is 10.1. The third-order valence-corrected chi connectivity index (χ3v) is 8.07. The van der Waals surface area contributed by atoms with Gasteiger partial charge < -0.3 is 24.7 Å². The number of nitrogens with two attached hydrogens (primary N) is 1. The molecule has 1 aliphatic heterocycles. The predicted molar refractivity (Wildman–Crippen MR) is 128 cm³/mol. The number of hydrogen-bond acceptors (Lipinski definition) is 6. The molecule has 1 atom stereocenters. The molecule has 0 unspecified atom stereocenters. The Labute approximate surface area is 188 Å². The van der Waals surface area contributed by atoms with E-state index >= 15 is 0 Å². The highest BCUT2D eigenvalue weighted by atomic mass is 127. The zero-order chi connectivity index (χ0) is 19.6. The Balaban J connectivity index is 1.97. The summed E-state index contributed by atoms with van der Waals surface area (Å²) in [6.07, 6.45) is 0.613. The van der Waals surface area contributed by atoms with Gasteiger partial charge in [0.1, 0.15) is 14.1 Å². The third-order valence-electron chi connectivity index (χ3n) is 4.25. The van der Waals surface area contributed by atoms with Crippen molar-refractivity contribution in [2.75, 3.05) is 24.4 Å². The summed E-state index contributed by atoms with van der Waals surface area (Å²) in [5.41, 5.74) is 8.64. The van der Waals surface area contributed by atoms with Gasteiger partial charge in [-0.3, -0.25) is 4.79 Å². The molecular weight excluding hydrogens is 613 g/mol. The Bertz CT molecular complexity index is 856. The summed E-state index contributed by atoms with van der Waals surface area (Å²) in [7, 11) is 1.52. The number of hydrogen-bond donors (Lipinski definition) is 2. The summed E-state index contributed by atoms with van der Waals surface area (Å²) >= 11 is 5.90. The molecule has 3 rings (SSSR count). The molecule has 0 saturated heterocycles. The van der Waals surface area contributed by atoms with E-state index in [0.29, 0.717) is 29.2 Å². The van der Waals surface area contributed by atoms with Crippen LogP contribution in [0.4, 0.5) is 11.4 Å². The molecule has 1 heterocycles. The van der Waals surface area contributed by atoms with Crippen LogP contribution in [0.2, 0.25) is 0 Å². The number of methoxy groups -OCH3 is 1. The number of fused-ring (bicyclic) bond motifs is 1. The third kappa shape index (κ3) is 4.58. The molecule has 1 aliphatic rings. The van der Waals surface area contributed by atoms with Crippen molar-refractivity contribution < 1.29 is 18.8 Å². The highest BCUT2D eigenvalue weighted by molar-refractivity contribution is 14.3. The minimum Gasteiger partial charge on any atom is -0.493 e. The number of carbonyl (C=O) groups is 1. The maximum atomic E-state index is 13.3. The fraction of sp³-hybridized carbons (Fsp3) is 0.235. The summed E-state index contributed by atoms with van der Waals surface area (Å²) in [5, 5.41) is 9.77. The summed E-state index contributed by atoms with van der Waals surface area (Å²) in [6, 6.07) is 10.6. The van der Waals surface area contributed by atoms with Crippen LogP contribution in [-0.4, -0.2) is 30.8 Å². The number of halogens is 2. The van der Waals surface area contributed by atoms with Crippen LogP contribution in [0.25, 0.3) is 0 Å². The molecule has 10 heteroatoms. The molecule has 3 N–H and O–H groups in total. The molecule has 2 aromatic rings. The van der Waals surface area contributed by atoms with Crippen LogP contribution in [-0.2, 0) is 6.42 Å². The smallest absolute Gasteiger partial charge is 0.260 e. The largest absolute Gasteiger partial charge is 0.493 e. The highest BCUT2D eigenvalue weighted by Gasteiger charge is 2.34. The van der Waals surface area contributed by atoms with Crippen molar-refractivity contribution in [1.82, 2.24) is 0 Å². The molecule has 0 fully saturated rings. The zero-order valence-electron chi connectivity index (χ0n) is 14.3. The van der Waals surface area contributed by atoms with Gasteiger partial charge in [-0.05, 0) is 68.2 Å². The summed E-state index contributed by atoms with van der Waals surface area (Å²) in [4.78, 5) is 14.9. The van der Waals surface area contributed by atoms with E-state index in [2.05, 4.69) is 44.1 Å². The Morgan fingerprint density at radius 2 is 2.11 bits per heavy atom. The number of aliphatic hydroxyl groups excluding tert-OH is 1. The van der Waals surface area contributed by atoms with E-state index in [4.69, 9.17) is 14.7 Å². The number of nitrogen functional groups attached to an aromatic ring is 1. The van der Waals surface area contributed by atoms with Gasteiger partial charge in [0.25, 0.3) is 5.91 Å². The number of nitrogens with zero attached hydrogens (tertiary/aromatic N) is 1. The van der Waals surface area contributed by atoms with Gasteiger partial charge >= 0.3 is 0 Å². The normalized spacial score (nSPS) is 15.7. The lowest BCUT2D eigenvalue weighted by Gasteiger charge is -2.25. The number of ether oxygens (including phenoxy) is 1. The number of aliphatic hydroxyl groups is 1. The van der Waals surface area contributed by atoms with Crippen LogP contribution in [0.1, 0.15) is 15.9 Å². The quantitative estimate of drug-likeness (QED) is 0.203. The van der Waals surface area contributed by atoms with E-state index in [-0.39, 0.29) is 21.0 Å². The van der Waals surface area contributed by atoms with Crippen LogP contribution >= 0.6 is 58.2 Å². The van der Waals surface area contributed by atoms with Crippen LogP contribution in [0.5, 0.6) is 11.5 Å². The summed E-state index contributed by atoms with van der Waals surface area (Å²) in [6.45, 7) is -0.121. The molecule has 144 valence electrons. The molecular formula is C17H17I2N2O4PS. The van der Waals surface area contributed by atoms with Crippen LogP contribution in [0.15, 0.2) is 36.4 Å². The number of para-hydroxylation sites is 1. The van der Waals surface area contributed by atoms with Crippen molar-refractivity contribution in [2.45, 2.75) is 12.5 Å². The van der Waals surface area contributed by atoms with Gasteiger partial charge in [-0.25, -0.2) is 0 Å². The molecule has 0 spiro atoms. The molecule has 27 heavy (non-hydrogen) atoms. The molecule has 0 radical (unpaired) electrons.